The van der Waals surface area contributed by atoms with Gasteiger partial charge in [-0.05, 0) is 32.4 Å². The summed E-state index contributed by atoms with van der Waals surface area (Å²) < 4.78 is 2.24. The smallest absolute Gasteiger partial charge is 0.203 e. The van der Waals surface area contributed by atoms with Crippen LogP contribution in [0.2, 0.25) is 0 Å². The van der Waals surface area contributed by atoms with Gasteiger partial charge in [0.2, 0.25) is 5.95 Å². The summed E-state index contributed by atoms with van der Waals surface area (Å²) in [6.07, 6.45) is 8.98. The predicted octanol–water partition coefficient (Wildman–Crippen LogP) is 2.58. The Balaban J connectivity index is 1.90. The van der Waals surface area contributed by atoms with Crippen molar-refractivity contribution in [2.24, 2.45) is 0 Å². The van der Waals surface area contributed by atoms with Crippen LogP contribution in [-0.4, -0.2) is 40.1 Å². The number of hydrogen-bond donors (Lipinski definition) is 1. The molecule has 0 aliphatic carbocycles. The number of rotatable bonds is 6. The van der Waals surface area contributed by atoms with Gasteiger partial charge in [-0.15, -0.1) is 0 Å². The third kappa shape index (κ3) is 3.48. The van der Waals surface area contributed by atoms with Gasteiger partial charge in [0.1, 0.15) is 0 Å². The quantitative estimate of drug-likeness (QED) is 0.842. The van der Waals surface area contributed by atoms with Gasteiger partial charge in [-0.1, -0.05) is 20.3 Å². The summed E-state index contributed by atoms with van der Waals surface area (Å²) in [7, 11) is 0. The normalized spacial score (nSPS) is 21.1. The van der Waals surface area contributed by atoms with E-state index in [4.69, 9.17) is 0 Å². The Bertz CT molecular complexity index is 347. The summed E-state index contributed by atoms with van der Waals surface area (Å²) in [4.78, 5) is 6.96. The minimum absolute atomic E-state index is 0.557. The van der Waals surface area contributed by atoms with Crippen LogP contribution < -0.4 is 5.32 Å². The van der Waals surface area contributed by atoms with Gasteiger partial charge in [0.05, 0.1) is 0 Å². The van der Waals surface area contributed by atoms with Crippen LogP contribution in [0.3, 0.4) is 0 Å². The van der Waals surface area contributed by atoms with Crippen molar-refractivity contribution in [1.29, 1.82) is 0 Å². The van der Waals surface area contributed by atoms with E-state index in [1.165, 1.54) is 32.2 Å². The van der Waals surface area contributed by atoms with E-state index in [0.717, 1.165) is 25.6 Å². The molecule has 4 heteroatoms. The van der Waals surface area contributed by atoms with Crippen molar-refractivity contribution < 1.29 is 0 Å². The number of nitrogens with one attached hydrogen (secondary N) is 1. The van der Waals surface area contributed by atoms with Crippen LogP contribution in [0.5, 0.6) is 0 Å². The molecule has 1 unspecified atom stereocenters. The summed E-state index contributed by atoms with van der Waals surface area (Å²) in [5.41, 5.74) is 0. The Labute approximate surface area is 110 Å². The van der Waals surface area contributed by atoms with Gasteiger partial charge in [-0.25, -0.2) is 4.98 Å². The molecule has 0 bridgehead atoms. The first-order valence-corrected chi connectivity index (χ1v) is 7.33. The van der Waals surface area contributed by atoms with Crippen LogP contribution in [0.25, 0.3) is 0 Å². The summed E-state index contributed by atoms with van der Waals surface area (Å²) in [6, 6.07) is 0.557. The number of imidazole rings is 1. The van der Waals surface area contributed by atoms with Crippen molar-refractivity contribution >= 4 is 5.95 Å². The van der Waals surface area contributed by atoms with Crippen molar-refractivity contribution in [3.8, 4) is 0 Å². The number of anilines is 1. The molecular weight excluding hydrogens is 224 g/mol. The molecular formula is C14H26N4. The highest BCUT2D eigenvalue weighted by Crippen LogP contribution is 2.15. The van der Waals surface area contributed by atoms with Gasteiger partial charge >= 0.3 is 0 Å². The SMILES string of the molecule is CCCCn1ccnc1NC1CCCN(CC)C1. The van der Waals surface area contributed by atoms with Crippen LogP contribution in [0.4, 0.5) is 5.95 Å². The molecule has 0 radical (unpaired) electrons. The van der Waals surface area contributed by atoms with E-state index in [1.807, 2.05) is 6.20 Å². The maximum absolute atomic E-state index is 4.45. The maximum atomic E-state index is 4.45. The number of piperidine rings is 1. The molecule has 1 aliphatic heterocycles. The molecule has 0 aromatic carbocycles. The summed E-state index contributed by atoms with van der Waals surface area (Å²) in [5, 5.41) is 3.61. The number of hydrogen-bond acceptors (Lipinski definition) is 3. The zero-order valence-electron chi connectivity index (χ0n) is 11.7. The second-order valence-electron chi connectivity index (χ2n) is 5.17. The molecule has 1 atom stereocenters. The van der Waals surface area contributed by atoms with Crippen molar-refractivity contribution in [2.75, 3.05) is 25.0 Å². The average Bonchev–Trinajstić information content (AvgIpc) is 2.84. The number of aryl methyl sites for hydroxylation is 1. The number of aromatic nitrogens is 2. The largest absolute Gasteiger partial charge is 0.352 e. The number of likely N-dealkylation sites (tertiary alicyclic amines) is 1. The van der Waals surface area contributed by atoms with Gasteiger partial charge in [0.15, 0.2) is 0 Å². The third-order valence-electron chi connectivity index (χ3n) is 3.75. The van der Waals surface area contributed by atoms with E-state index in [1.54, 1.807) is 0 Å². The van der Waals surface area contributed by atoms with Gasteiger partial charge in [-0.3, -0.25) is 0 Å². The van der Waals surface area contributed by atoms with E-state index in [9.17, 15) is 0 Å². The van der Waals surface area contributed by atoms with E-state index in [2.05, 4.69) is 39.8 Å². The Hall–Kier alpha value is -1.03. The molecule has 4 nitrogen and oxygen atoms in total. The Kier molecular flexibility index (Phi) is 5.05. The fraction of sp³-hybridized carbons (Fsp3) is 0.786. The average molecular weight is 250 g/mol. The summed E-state index contributed by atoms with van der Waals surface area (Å²) in [6.45, 7) is 9.09. The lowest BCUT2D eigenvalue weighted by Gasteiger charge is -2.32. The van der Waals surface area contributed by atoms with Crippen LogP contribution in [0, 0.1) is 0 Å². The molecule has 1 aromatic rings. The first kappa shape index (κ1) is 13.4. The fourth-order valence-corrected chi connectivity index (χ4v) is 2.60. The fourth-order valence-electron chi connectivity index (χ4n) is 2.60. The van der Waals surface area contributed by atoms with Crippen molar-refractivity contribution in [1.82, 2.24) is 14.5 Å². The molecule has 2 rings (SSSR count). The highest BCUT2D eigenvalue weighted by atomic mass is 15.2. The Morgan fingerprint density at radius 2 is 2.33 bits per heavy atom. The lowest BCUT2D eigenvalue weighted by Crippen LogP contribution is -2.42. The van der Waals surface area contributed by atoms with Crippen LogP contribution >= 0.6 is 0 Å². The van der Waals surface area contributed by atoms with Gasteiger partial charge < -0.3 is 14.8 Å². The molecule has 2 heterocycles. The van der Waals surface area contributed by atoms with Crippen LogP contribution in [0.1, 0.15) is 39.5 Å². The molecule has 1 aliphatic rings. The molecule has 1 aromatic heterocycles. The standard InChI is InChI=1S/C14H26N4/c1-3-5-10-18-11-8-15-14(18)16-13-7-6-9-17(4-2)12-13/h8,11,13H,3-7,9-10,12H2,1-2H3,(H,15,16). The first-order valence-electron chi connectivity index (χ1n) is 7.33. The molecule has 0 spiro atoms. The third-order valence-corrected chi connectivity index (χ3v) is 3.75. The first-order chi connectivity index (χ1) is 8.83. The lowest BCUT2D eigenvalue weighted by atomic mass is 10.1. The molecule has 1 N–H and O–H groups in total. The van der Waals surface area contributed by atoms with Crippen molar-refractivity contribution in [2.45, 2.75) is 52.1 Å². The number of likely N-dealkylation sites (N-methyl/N-ethyl adjacent to an activating group) is 1. The second kappa shape index (κ2) is 6.78. The van der Waals surface area contributed by atoms with E-state index in [0.29, 0.717) is 6.04 Å². The van der Waals surface area contributed by atoms with Gasteiger partial charge in [0.25, 0.3) is 0 Å². The second-order valence-corrected chi connectivity index (χ2v) is 5.17. The highest BCUT2D eigenvalue weighted by molar-refractivity contribution is 5.28. The molecule has 1 saturated heterocycles. The summed E-state index contributed by atoms with van der Waals surface area (Å²) >= 11 is 0. The zero-order valence-corrected chi connectivity index (χ0v) is 11.7. The van der Waals surface area contributed by atoms with Crippen molar-refractivity contribution in [3.63, 3.8) is 0 Å². The lowest BCUT2D eigenvalue weighted by molar-refractivity contribution is 0.226. The molecule has 18 heavy (non-hydrogen) atoms. The van der Waals surface area contributed by atoms with Crippen LogP contribution in [-0.2, 0) is 6.54 Å². The number of nitrogens with zero attached hydrogens (tertiary/aromatic N) is 3. The van der Waals surface area contributed by atoms with E-state index >= 15 is 0 Å². The van der Waals surface area contributed by atoms with Crippen molar-refractivity contribution in [3.05, 3.63) is 12.4 Å². The Morgan fingerprint density at radius 1 is 1.44 bits per heavy atom. The van der Waals surface area contributed by atoms with E-state index in [-0.39, 0.29) is 0 Å². The van der Waals surface area contributed by atoms with Gasteiger partial charge in [0, 0.05) is 31.5 Å². The zero-order chi connectivity index (χ0) is 12.8. The van der Waals surface area contributed by atoms with Gasteiger partial charge in [-0.2, -0.15) is 0 Å². The van der Waals surface area contributed by atoms with Crippen LogP contribution in [0.15, 0.2) is 12.4 Å². The predicted molar refractivity (Wildman–Crippen MR) is 75.9 cm³/mol. The summed E-state index contributed by atoms with van der Waals surface area (Å²) in [5.74, 6) is 1.05. The molecule has 102 valence electrons. The minimum atomic E-state index is 0.557. The molecule has 0 saturated carbocycles. The molecule has 1 fully saturated rings. The monoisotopic (exact) mass is 250 g/mol. The topological polar surface area (TPSA) is 33.1 Å². The van der Waals surface area contributed by atoms with E-state index < -0.39 is 0 Å². The Morgan fingerprint density at radius 3 is 3.11 bits per heavy atom. The molecule has 0 amide bonds. The highest BCUT2D eigenvalue weighted by Gasteiger charge is 2.19. The minimum Gasteiger partial charge on any atom is -0.352 e. The maximum Gasteiger partial charge on any atom is 0.203 e. The number of unbranched alkanes of at least 4 members (excludes halogenated alkanes) is 1.